The SMILES string of the molecule is Cc1c(-c2nc3cc(CN4CCC(C(=O)O)C4)cc(C#N)c3o2)cccc1-c1cccc(-c2nc3c(s2)CN(C)CC3)c1C. The maximum Gasteiger partial charge on any atom is 0.307 e. The summed E-state index contributed by atoms with van der Waals surface area (Å²) in [5, 5.41) is 20.4. The molecule has 0 amide bonds. The Morgan fingerprint density at radius 3 is 2.52 bits per heavy atom. The van der Waals surface area contributed by atoms with Gasteiger partial charge in [0.25, 0.3) is 0 Å². The summed E-state index contributed by atoms with van der Waals surface area (Å²) in [6.45, 7) is 8.05. The molecule has 8 nitrogen and oxygen atoms in total. The van der Waals surface area contributed by atoms with E-state index in [1.807, 2.05) is 24.3 Å². The number of nitrogens with zero attached hydrogens (tertiary/aromatic N) is 5. The van der Waals surface area contributed by atoms with Crippen LogP contribution >= 0.6 is 11.3 Å². The molecule has 0 saturated carbocycles. The molecule has 4 heterocycles. The lowest BCUT2D eigenvalue weighted by Gasteiger charge is -2.20. The van der Waals surface area contributed by atoms with E-state index in [0.717, 1.165) is 64.4 Å². The molecule has 5 aromatic rings. The molecule has 1 atom stereocenters. The average Bonchev–Trinajstić information content (AvgIpc) is 3.75. The molecule has 1 fully saturated rings. The minimum Gasteiger partial charge on any atom is -0.481 e. The molecule has 2 aliphatic rings. The number of carboxylic acids is 1. The van der Waals surface area contributed by atoms with Crippen LogP contribution in [-0.4, -0.2) is 57.5 Å². The molecule has 0 radical (unpaired) electrons. The molecule has 1 unspecified atom stereocenters. The summed E-state index contributed by atoms with van der Waals surface area (Å²) < 4.78 is 6.26. The highest BCUT2D eigenvalue weighted by molar-refractivity contribution is 7.15. The van der Waals surface area contributed by atoms with Crippen LogP contribution in [0.25, 0.3) is 44.3 Å². The van der Waals surface area contributed by atoms with E-state index in [2.05, 4.69) is 61.0 Å². The highest BCUT2D eigenvalue weighted by Gasteiger charge is 2.28. The summed E-state index contributed by atoms with van der Waals surface area (Å²) in [7, 11) is 2.16. The molecule has 0 bridgehead atoms. The number of fused-ring (bicyclic) bond motifs is 2. The Morgan fingerprint density at radius 2 is 1.80 bits per heavy atom. The Bertz CT molecular complexity index is 1970. The van der Waals surface area contributed by atoms with E-state index in [1.165, 1.54) is 16.1 Å². The lowest BCUT2D eigenvalue weighted by Crippen LogP contribution is -2.25. The standard InChI is InChI=1S/C35H33N5O3S/c1-20-25(26-7-5-9-28(21(26)2)34-38-29-11-12-39(3)19-31(29)44-34)6-4-8-27(20)33-37-30-15-22(14-24(16-36)32(30)43-33)17-40-13-10-23(18-40)35(41)42/h4-9,14-15,23H,10-13,17-19H2,1-3H3,(H,41,42). The van der Waals surface area contributed by atoms with E-state index in [-0.39, 0.29) is 5.92 Å². The van der Waals surface area contributed by atoms with E-state index in [0.29, 0.717) is 42.1 Å². The fourth-order valence-electron chi connectivity index (χ4n) is 6.57. The van der Waals surface area contributed by atoms with Crippen molar-refractivity contribution >= 4 is 28.4 Å². The van der Waals surface area contributed by atoms with Crippen LogP contribution in [0.3, 0.4) is 0 Å². The van der Waals surface area contributed by atoms with Gasteiger partial charge in [0.1, 0.15) is 16.6 Å². The van der Waals surface area contributed by atoms with Crippen LogP contribution < -0.4 is 0 Å². The molecule has 2 aromatic heterocycles. The number of hydrogen-bond donors (Lipinski definition) is 1. The molecule has 0 spiro atoms. The molecule has 1 N–H and O–H groups in total. The number of likely N-dealkylation sites (tertiary alicyclic amines) is 1. The van der Waals surface area contributed by atoms with Crippen LogP contribution in [0.1, 0.15) is 39.2 Å². The van der Waals surface area contributed by atoms with Crippen molar-refractivity contribution in [2.75, 3.05) is 26.7 Å². The molecule has 2 aliphatic heterocycles. The van der Waals surface area contributed by atoms with E-state index in [1.54, 1.807) is 11.3 Å². The zero-order chi connectivity index (χ0) is 30.5. The molecule has 3 aromatic carbocycles. The zero-order valence-electron chi connectivity index (χ0n) is 25.1. The number of aromatic nitrogens is 2. The predicted molar refractivity (Wildman–Crippen MR) is 171 cm³/mol. The van der Waals surface area contributed by atoms with Crippen LogP contribution in [0.4, 0.5) is 0 Å². The summed E-state index contributed by atoms with van der Waals surface area (Å²) in [5.41, 5.74) is 10.2. The first-order valence-corrected chi connectivity index (χ1v) is 15.8. The van der Waals surface area contributed by atoms with Crippen LogP contribution in [-0.2, 0) is 24.3 Å². The number of thiazole rings is 1. The lowest BCUT2D eigenvalue weighted by molar-refractivity contribution is -0.141. The number of hydrogen-bond acceptors (Lipinski definition) is 8. The van der Waals surface area contributed by atoms with Gasteiger partial charge in [-0.05, 0) is 79.9 Å². The average molecular weight is 604 g/mol. The number of likely N-dealkylation sites (N-methyl/N-ethyl adjacent to an activating group) is 1. The molecule has 0 aliphatic carbocycles. The highest BCUT2D eigenvalue weighted by Crippen LogP contribution is 2.39. The minimum absolute atomic E-state index is 0.346. The van der Waals surface area contributed by atoms with Gasteiger partial charge in [0.2, 0.25) is 5.89 Å². The normalized spacial score (nSPS) is 17.2. The van der Waals surface area contributed by atoms with Crippen LogP contribution in [0.2, 0.25) is 0 Å². The van der Waals surface area contributed by atoms with Gasteiger partial charge in [-0.25, -0.2) is 9.97 Å². The third kappa shape index (κ3) is 5.09. The third-order valence-corrected chi connectivity index (χ3v) is 10.2. The fourth-order valence-corrected chi connectivity index (χ4v) is 7.84. The molecular weight excluding hydrogens is 570 g/mol. The van der Waals surface area contributed by atoms with Gasteiger partial charge >= 0.3 is 5.97 Å². The van der Waals surface area contributed by atoms with Crippen molar-refractivity contribution in [2.45, 2.75) is 39.8 Å². The number of benzene rings is 3. The summed E-state index contributed by atoms with van der Waals surface area (Å²) in [4.78, 5) is 27.1. The van der Waals surface area contributed by atoms with Crippen molar-refractivity contribution in [3.8, 4) is 39.2 Å². The summed E-state index contributed by atoms with van der Waals surface area (Å²) in [6.07, 6.45) is 1.63. The van der Waals surface area contributed by atoms with Crippen molar-refractivity contribution in [1.29, 1.82) is 5.26 Å². The summed E-state index contributed by atoms with van der Waals surface area (Å²) >= 11 is 1.80. The summed E-state index contributed by atoms with van der Waals surface area (Å²) in [5.74, 6) is -0.622. The number of oxazole rings is 1. The van der Waals surface area contributed by atoms with Gasteiger partial charge in [-0.2, -0.15) is 5.26 Å². The van der Waals surface area contributed by atoms with Crippen LogP contribution in [0, 0.1) is 31.1 Å². The topological polar surface area (TPSA) is 106 Å². The smallest absolute Gasteiger partial charge is 0.307 e. The Hall–Kier alpha value is -4.36. The Labute approximate surface area is 260 Å². The molecule has 7 rings (SSSR count). The number of carbonyl (C=O) groups is 1. The van der Waals surface area contributed by atoms with Crippen molar-refractivity contribution in [2.24, 2.45) is 5.92 Å². The van der Waals surface area contributed by atoms with Gasteiger partial charge < -0.3 is 14.4 Å². The van der Waals surface area contributed by atoms with Gasteiger partial charge in [-0.3, -0.25) is 9.69 Å². The Kier molecular flexibility index (Phi) is 7.29. The molecule has 1 saturated heterocycles. The van der Waals surface area contributed by atoms with Gasteiger partial charge in [0, 0.05) is 48.6 Å². The fraction of sp³-hybridized carbons (Fsp3) is 0.314. The van der Waals surface area contributed by atoms with Crippen molar-refractivity contribution in [3.05, 3.63) is 81.4 Å². The second-order valence-corrected chi connectivity index (χ2v) is 13.1. The molecule has 9 heteroatoms. The highest BCUT2D eigenvalue weighted by atomic mass is 32.1. The van der Waals surface area contributed by atoms with Crippen molar-refractivity contribution in [3.63, 3.8) is 0 Å². The van der Waals surface area contributed by atoms with Gasteiger partial charge in [0.15, 0.2) is 5.58 Å². The molecule has 44 heavy (non-hydrogen) atoms. The first-order chi connectivity index (χ1) is 21.3. The second-order valence-electron chi connectivity index (χ2n) is 12.0. The maximum absolute atomic E-state index is 11.4. The minimum atomic E-state index is -0.753. The first kappa shape index (κ1) is 28.4. The summed E-state index contributed by atoms with van der Waals surface area (Å²) in [6, 6.07) is 18.7. The van der Waals surface area contributed by atoms with Gasteiger partial charge in [-0.1, -0.05) is 30.3 Å². The third-order valence-electron chi connectivity index (χ3n) is 9.04. The number of rotatable bonds is 6. The molecule has 222 valence electrons. The number of nitriles is 1. The van der Waals surface area contributed by atoms with E-state index < -0.39 is 5.97 Å². The second kappa shape index (κ2) is 11.3. The van der Waals surface area contributed by atoms with Gasteiger partial charge in [-0.15, -0.1) is 11.3 Å². The van der Waals surface area contributed by atoms with Crippen molar-refractivity contribution in [1.82, 2.24) is 19.8 Å². The van der Waals surface area contributed by atoms with Crippen LogP contribution in [0.5, 0.6) is 0 Å². The van der Waals surface area contributed by atoms with E-state index >= 15 is 0 Å². The van der Waals surface area contributed by atoms with E-state index in [4.69, 9.17) is 14.4 Å². The predicted octanol–water partition coefficient (Wildman–Crippen LogP) is 6.67. The molecular formula is C35H33N5O3S. The Balaban J connectivity index is 1.22. The monoisotopic (exact) mass is 603 g/mol. The van der Waals surface area contributed by atoms with Crippen LogP contribution in [0.15, 0.2) is 52.9 Å². The van der Waals surface area contributed by atoms with Crippen molar-refractivity contribution < 1.29 is 14.3 Å². The Morgan fingerprint density at radius 1 is 1.07 bits per heavy atom. The lowest BCUT2D eigenvalue weighted by atomic mass is 9.91. The first-order valence-electron chi connectivity index (χ1n) is 14.9. The maximum atomic E-state index is 11.4. The number of aliphatic carboxylic acids is 1. The quantitative estimate of drug-likeness (QED) is 0.229. The zero-order valence-corrected chi connectivity index (χ0v) is 25.9. The number of carboxylic acid groups (broad SMARTS) is 1. The van der Waals surface area contributed by atoms with Gasteiger partial charge in [0.05, 0.1) is 17.2 Å². The van der Waals surface area contributed by atoms with E-state index in [9.17, 15) is 15.2 Å². The largest absolute Gasteiger partial charge is 0.481 e.